The number of fused-ring (bicyclic) bond motifs is 1. The first-order valence-electron chi connectivity index (χ1n) is 11.3. The largest absolute Gasteiger partial charge is 0.466 e. The molecule has 0 atom stereocenters. The van der Waals surface area contributed by atoms with Crippen molar-refractivity contribution in [1.82, 2.24) is 14.8 Å². The Bertz CT molecular complexity index is 1340. The predicted octanol–water partition coefficient (Wildman–Crippen LogP) is 5.10. The minimum Gasteiger partial charge on any atom is -0.466 e. The standard InChI is InChI=1S/C26H28N4O4/c1-6-29(19-10-8-7-9-11-19)24(31)15-33-26(32)21-13-23(20-12-17(4)34-18(20)5)28-25-22(21)14-27-30(25)16(2)3/h7-14,16H,6,15H2,1-5H3. The van der Waals surface area contributed by atoms with Gasteiger partial charge in [-0.05, 0) is 58.9 Å². The van der Waals surface area contributed by atoms with E-state index in [1.54, 1.807) is 21.8 Å². The molecule has 0 bridgehead atoms. The quantitative estimate of drug-likeness (QED) is 0.357. The summed E-state index contributed by atoms with van der Waals surface area (Å²) in [6, 6.07) is 12.9. The van der Waals surface area contributed by atoms with Crippen LogP contribution in [0.2, 0.25) is 0 Å². The zero-order chi connectivity index (χ0) is 24.4. The van der Waals surface area contributed by atoms with Crippen LogP contribution in [-0.4, -0.2) is 39.8 Å². The fraction of sp³-hybridized carbons (Fsp3) is 0.308. The van der Waals surface area contributed by atoms with E-state index in [4.69, 9.17) is 14.1 Å². The van der Waals surface area contributed by atoms with Crippen molar-refractivity contribution in [2.45, 2.75) is 40.7 Å². The number of aromatic nitrogens is 3. The predicted molar refractivity (Wildman–Crippen MR) is 130 cm³/mol. The van der Waals surface area contributed by atoms with Crippen LogP contribution in [0.4, 0.5) is 5.69 Å². The number of carbonyl (C=O) groups is 2. The van der Waals surface area contributed by atoms with Gasteiger partial charge in [-0.2, -0.15) is 5.10 Å². The smallest absolute Gasteiger partial charge is 0.339 e. The first-order chi connectivity index (χ1) is 16.3. The minimum absolute atomic E-state index is 0.0434. The van der Waals surface area contributed by atoms with Crippen LogP contribution in [0.25, 0.3) is 22.3 Å². The van der Waals surface area contributed by atoms with E-state index in [0.29, 0.717) is 34.6 Å². The molecule has 4 rings (SSSR count). The number of para-hydroxylation sites is 1. The average molecular weight is 461 g/mol. The van der Waals surface area contributed by atoms with Gasteiger partial charge in [0.25, 0.3) is 5.91 Å². The second kappa shape index (κ2) is 9.51. The van der Waals surface area contributed by atoms with Gasteiger partial charge in [0.05, 0.1) is 22.8 Å². The molecule has 0 saturated carbocycles. The number of likely N-dealkylation sites (N-methyl/N-ethyl adjacent to an activating group) is 1. The molecule has 1 aromatic carbocycles. The summed E-state index contributed by atoms with van der Waals surface area (Å²) < 4.78 is 12.9. The van der Waals surface area contributed by atoms with Crippen LogP contribution < -0.4 is 4.90 Å². The highest BCUT2D eigenvalue weighted by atomic mass is 16.5. The van der Waals surface area contributed by atoms with Crippen LogP contribution in [0, 0.1) is 13.8 Å². The van der Waals surface area contributed by atoms with Crippen LogP contribution >= 0.6 is 0 Å². The monoisotopic (exact) mass is 460 g/mol. The van der Waals surface area contributed by atoms with Crippen molar-refractivity contribution in [3.8, 4) is 11.3 Å². The summed E-state index contributed by atoms with van der Waals surface area (Å²) in [5.41, 5.74) is 3.01. The molecule has 0 radical (unpaired) electrons. The van der Waals surface area contributed by atoms with Gasteiger partial charge in [-0.15, -0.1) is 0 Å². The van der Waals surface area contributed by atoms with Crippen molar-refractivity contribution in [3.63, 3.8) is 0 Å². The zero-order valence-electron chi connectivity index (χ0n) is 20.0. The molecule has 8 heteroatoms. The Kier molecular flexibility index (Phi) is 6.49. The first-order valence-corrected chi connectivity index (χ1v) is 11.3. The maximum atomic E-state index is 13.2. The Balaban J connectivity index is 1.66. The van der Waals surface area contributed by atoms with Crippen LogP contribution in [0.3, 0.4) is 0 Å². The average Bonchev–Trinajstić information content (AvgIpc) is 3.40. The second-order valence-corrected chi connectivity index (χ2v) is 8.35. The summed E-state index contributed by atoms with van der Waals surface area (Å²) in [5, 5.41) is 5.00. The summed E-state index contributed by atoms with van der Waals surface area (Å²) in [6.45, 7) is 9.67. The van der Waals surface area contributed by atoms with Crippen LogP contribution in [0.5, 0.6) is 0 Å². The van der Waals surface area contributed by atoms with E-state index in [1.807, 2.05) is 71.0 Å². The number of anilines is 1. The van der Waals surface area contributed by atoms with Crippen molar-refractivity contribution in [2.75, 3.05) is 18.1 Å². The van der Waals surface area contributed by atoms with E-state index in [9.17, 15) is 9.59 Å². The molecule has 0 spiro atoms. The van der Waals surface area contributed by atoms with Gasteiger partial charge in [-0.3, -0.25) is 4.79 Å². The van der Waals surface area contributed by atoms with Crippen molar-refractivity contribution in [3.05, 3.63) is 65.7 Å². The molecular formula is C26H28N4O4. The highest BCUT2D eigenvalue weighted by Crippen LogP contribution is 2.30. The Labute approximate surface area is 198 Å². The number of nitrogens with zero attached hydrogens (tertiary/aromatic N) is 4. The van der Waals surface area contributed by atoms with Crippen LogP contribution in [0.15, 0.2) is 53.1 Å². The Hall–Kier alpha value is -3.94. The van der Waals surface area contributed by atoms with Crippen LogP contribution in [-0.2, 0) is 9.53 Å². The lowest BCUT2D eigenvalue weighted by atomic mass is 10.1. The van der Waals surface area contributed by atoms with E-state index in [2.05, 4.69) is 5.10 Å². The molecule has 0 unspecified atom stereocenters. The molecule has 34 heavy (non-hydrogen) atoms. The lowest BCUT2D eigenvalue weighted by Gasteiger charge is -2.20. The molecule has 0 aliphatic rings. The van der Waals surface area contributed by atoms with E-state index >= 15 is 0 Å². The first kappa shape index (κ1) is 23.2. The molecule has 0 N–H and O–H groups in total. The van der Waals surface area contributed by atoms with Gasteiger partial charge in [-0.25, -0.2) is 14.5 Å². The topological polar surface area (TPSA) is 90.5 Å². The SMILES string of the molecule is CCN(C(=O)COC(=O)c1cc(-c2cc(C)oc2C)nc2c1cnn2C(C)C)c1ccccc1. The molecule has 1 amide bonds. The Morgan fingerprint density at radius 1 is 1.15 bits per heavy atom. The third kappa shape index (κ3) is 4.44. The number of ether oxygens (including phenoxy) is 1. The number of aryl methyl sites for hydroxylation is 2. The maximum absolute atomic E-state index is 13.2. The van der Waals surface area contributed by atoms with E-state index < -0.39 is 5.97 Å². The lowest BCUT2D eigenvalue weighted by Crippen LogP contribution is -2.34. The fourth-order valence-corrected chi connectivity index (χ4v) is 3.98. The molecule has 0 saturated heterocycles. The van der Waals surface area contributed by atoms with Crippen molar-refractivity contribution < 1.29 is 18.7 Å². The van der Waals surface area contributed by atoms with Crippen molar-refractivity contribution >= 4 is 28.6 Å². The summed E-state index contributed by atoms with van der Waals surface area (Å²) in [6.07, 6.45) is 1.61. The lowest BCUT2D eigenvalue weighted by molar-refractivity contribution is -0.121. The number of amides is 1. The number of rotatable bonds is 7. The third-order valence-corrected chi connectivity index (χ3v) is 5.60. The number of hydrogen-bond acceptors (Lipinski definition) is 6. The molecule has 176 valence electrons. The number of hydrogen-bond donors (Lipinski definition) is 0. The second-order valence-electron chi connectivity index (χ2n) is 8.35. The summed E-state index contributed by atoms with van der Waals surface area (Å²) in [4.78, 5) is 32.3. The Morgan fingerprint density at radius 3 is 2.50 bits per heavy atom. The van der Waals surface area contributed by atoms with Crippen molar-refractivity contribution in [2.24, 2.45) is 0 Å². The van der Waals surface area contributed by atoms with Gasteiger partial charge >= 0.3 is 5.97 Å². The minimum atomic E-state index is -0.604. The van der Waals surface area contributed by atoms with Gasteiger partial charge in [0, 0.05) is 23.8 Å². The van der Waals surface area contributed by atoms with Gasteiger partial charge in [0.15, 0.2) is 12.3 Å². The fourth-order valence-electron chi connectivity index (χ4n) is 3.98. The van der Waals surface area contributed by atoms with Crippen LogP contribution in [0.1, 0.15) is 48.7 Å². The molecule has 3 aromatic heterocycles. The van der Waals surface area contributed by atoms with E-state index in [1.165, 1.54) is 0 Å². The third-order valence-electron chi connectivity index (χ3n) is 5.60. The number of carbonyl (C=O) groups excluding carboxylic acids is 2. The molecule has 0 aliphatic heterocycles. The highest BCUT2D eigenvalue weighted by molar-refractivity contribution is 6.05. The Morgan fingerprint density at radius 2 is 1.88 bits per heavy atom. The molecule has 0 fully saturated rings. The van der Waals surface area contributed by atoms with Gasteiger partial charge in [0.1, 0.15) is 11.5 Å². The van der Waals surface area contributed by atoms with Gasteiger partial charge in [-0.1, -0.05) is 18.2 Å². The van der Waals surface area contributed by atoms with E-state index in [0.717, 1.165) is 17.0 Å². The highest BCUT2D eigenvalue weighted by Gasteiger charge is 2.23. The molecule has 3 heterocycles. The number of pyridine rings is 1. The van der Waals surface area contributed by atoms with Crippen molar-refractivity contribution in [1.29, 1.82) is 0 Å². The van der Waals surface area contributed by atoms with Gasteiger partial charge in [0.2, 0.25) is 0 Å². The molecule has 0 aliphatic carbocycles. The number of furan rings is 1. The zero-order valence-corrected chi connectivity index (χ0v) is 20.0. The summed E-state index contributed by atoms with van der Waals surface area (Å²) in [5.74, 6) is 0.553. The maximum Gasteiger partial charge on any atom is 0.339 e. The summed E-state index contributed by atoms with van der Waals surface area (Å²) >= 11 is 0. The van der Waals surface area contributed by atoms with Gasteiger partial charge < -0.3 is 14.1 Å². The summed E-state index contributed by atoms with van der Waals surface area (Å²) in [7, 11) is 0. The number of benzene rings is 1. The van der Waals surface area contributed by atoms with E-state index in [-0.39, 0.29) is 18.6 Å². The normalized spacial score (nSPS) is 11.2. The molecular weight excluding hydrogens is 432 g/mol. The molecule has 8 nitrogen and oxygen atoms in total. The number of esters is 1. The molecule has 4 aromatic rings.